The second-order valence-corrected chi connectivity index (χ2v) is 5.73. The standard InChI is InChI=1S/C20H14S/c21-20-11-4-3-9-18(20)17-10-5-8-16-12-14-6-1-2-7-15(14)13-19(16)17/h1-13,21H. The van der Waals surface area contributed by atoms with Crippen LogP contribution in [0.2, 0.25) is 0 Å². The van der Waals surface area contributed by atoms with E-state index in [0.29, 0.717) is 0 Å². The minimum Gasteiger partial charge on any atom is -0.143 e. The van der Waals surface area contributed by atoms with Crippen molar-refractivity contribution < 1.29 is 0 Å². The SMILES string of the molecule is Sc1ccccc1-c1cccc2cc3ccccc3cc12. The van der Waals surface area contributed by atoms with Gasteiger partial charge in [-0.25, -0.2) is 0 Å². The van der Waals surface area contributed by atoms with Crippen molar-refractivity contribution in [2.45, 2.75) is 4.90 Å². The van der Waals surface area contributed by atoms with Gasteiger partial charge >= 0.3 is 0 Å². The zero-order valence-electron chi connectivity index (χ0n) is 11.5. The first kappa shape index (κ1) is 12.5. The van der Waals surface area contributed by atoms with Crippen molar-refractivity contribution in [2.75, 3.05) is 0 Å². The molecule has 0 heterocycles. The molecule has 0 spiro atoms. The zero-order valence-corrected chi connectivity index (χ0v) is 12.3. The lowest BCUT2D eigenvalue weighted by Crippen LogP contribution is -1.84. The fourth-order valence-electron chi connectivity index (χ4n) is 2.90. The van der Waals surface area contributed by atoms with E-state index in [-0.39, 0.29) is 0 Å². The van der Waals surface area contributed by atoms with E-state index in [4.69, 9.17) is 0 Å². The summed E-state index contributed by atoms with van der Waals surface area (Å²) < 4.78 is 0. The van der Waals surface area contributed by atoms with Crippen molar-refractivity contribution in [2.24, 2.45) is 0 Å². The summed E-state index contributed by atoms with van der Waals surface area (Å²) in [4.78, 5) is 1.01. The summed E-state index contributed by atoms with van der Waals surface area (Å²) in [6.07, 6.45) is 0. The topological polar surface area (TPSA) is 0 Å². The van der Waals surface area contributed by atoms with Crippen LogP contribution in [0.5, 0.6) is 0 Å². The number of hydrogen-bond acceptors (Lipinski definition) is 1. The van der Waals surface area contributed by atoms with Crippen LogP contribution in [-0.2, 0) is 0 Å². The molecule has 0 fully saturated rings. The van der Waals surface area contributed by atoms with E-state index in [9.17, 15) is 0 Å². The summed E-state index contributed by atoms with van der Waals surface area (Å²) in [5.41, 5.74) is 2.42. The third kappa shape index (κ3) is 2.10. The summed E-state index contributed by atoms with van der Waals surface area (Å²) in [5.74, 6) is 0. The summed E-state index contributed by atoms with van der Waals surface area (Å²) in [6, 6.07) is 27.8. The van der Waals surface area contributed by atoms with E-state index in [1.807, 2.05) is 12.1 Å². The molecule has 0 atom stereocenters. The Morgan fingerprint density at radius 3 is 1.95 bits per heavy atom. The van der Waals surface area contributed by atoms with Gasteiger partial charge in [0.2, 0.25) is 0 Å². The van der Waals surface area contributed by atoms with Crippen LogP contribution >= 0.6 is 12.6 Å². The Labute approximate surface area is 129 Å². The molecule has 0 saturated carbocycles. The Morgan fingerprint density at radius 1 is 0.524 bits per heavy atom. The summed E-state index contributed by atoms with van der Waals surface area (Å²) in [5, 5.41) is 5.09. The highest BCUT2D eigenvalue weighted by molar-refractivity contribution is 7.80. The molecule has 0 unspecified atom stereocenters. The Kier molecular flexibility index (Phi) is 2.94. The molecule has 0 aliphatic rings. The Hall–Kier alpha value is -2.25. The molecule has 0 saturated heterocycles. The van der Waals surface area contributed by atoms with E-state index in [1.165, 1.54) is 32.7 Å². The Bertz CT molecular complexity index is 954. The third-order valence-corrected chi connectivity index (χ3v) is 4.33. The molecule has 4 rings (SSSR count). The van der Waals surface area contributed by atoms with E-state index in [1.54, 1.807) is 0 Å². The van der Waals surface area contributed by atoms with Crippen molar-refractivity contribution in [3.63, 3.8) is 0 Å². The lowest BCUT2D eigenvalue weighted by Gasteiger charge is -2.10. The van der Waals surface area contributed by atoms with Crippen molar-refractivity contribution >= 4 is 34.2 Å². The molecule has 0 amide bonds. The highest BCUT2D eigenvalue weighted by atomic mass is 32.1. The summed E-state index contributed by atoms with van der Waals surface area (Å²) in [7, 11) is 0. The van der Waals surface area contributed by atoms with Gasteiger partial charge in [0, 0.05) is 4.90 Å². The van der Waals surface area contributed by atoms with Gasteiger partial charge < -0.3 is 0 Å². The molecule has 4 aromatic carbocycles. The number of rotatable bonds is 1. The summed E-state index contributed by atoms with van der Waals surface area (Å²) in [6.45, 7) is 0. The first-order valence-corrected chi connectivity index (χ1v) is 7.47. The van der Waals surface area contributed by atoms with Crippen molar-refractivity contribution in [1.29, 1.82) is 0 Å². The lowest BCUT2D eigenvalue weighted by molar-refractivity contribution is 1.47. The molecular formula is C20H14S. The van der Waals surface area contributed by atoms with Crippen LogP contribution in [0.3, 0.4) is 0 Å². The van der Waals surface area contributed by atoms with Crippen LogP contribution in [-0.4, -0.2) is 0 Å². The predicted octanol–water partition coefficient (Wildman–Crippen LogP) is 5.95. The maximum absolute atomic E-state index is 4.61. The van der Waals surface area contributed by atoms with Gasteiger partial charge in [-0.05, 0) is 50.9 Å². The average molecular weight is 286 g/mol. The fourth-order valence-corrected chi connectivity index (χ4v) is 3.18. The molecule has 4 aromatic rings. The number of thiol groups is 1. The van der Waals surface area contributed by atoms with Crippen molar-refractivity contribution in [3.05, 3.63) is 78.9 Å². The quantitative estimate of drug-likeness (QED) is 0.324. The van der Waals surface area contributed by atoms with Crippen LogP contribution < -0.4 is 0 Å². The van der Waals surface area contributed by atoms with Crippen molar-refractivity contribution in [1.82, 2.24) is 0 Å². The molecule has 1 heteroatoms. The van der Waals surface area contributed by atoms with Gasteiger partial charge in [0.25, 0.3) is 0 Å². The highest BCUT2D eigenvalue weighted by Gasteiger charge is 2.07. The molecule has 0 bridgehead atoms. The number of fused-ring (bicyclic) bond motifs is 2. The molecular weight excluding hydrogens is 272 g/mol. The van der Waals surface area contributed by atoms with E-state index in [0.717, 1.165) is 4.90 Å². The second-order valence-electron chi connectivity index (χ2n) is 5.24. The zero-order chi connectivity index (χ0) is 14.2. The Morgan fingerprint density at radius 2 is 1.14 bits per heavy atom. The lowest BCUT2D eigenvalue weighted by atomic mass is 9.95. The van der Waals surface area contributed by atoms with Crippen LogP contribution in [0.15, 0.2) is 83.8 Å². The van der Waals surface area contributed by atoms with Crippen LogP contribution in [0, 0.1) is 0 Å². The van der Waals surface area contributed by atoms with Gasteiger partial charge in [0.05, 0.1) is 0 Å². The van der Waals surface area contributed by atoms with Crippen LogP contribution in [0.1, 0.15) is 0 Å². The molecule has 0 aromatic heterocycles. The predicted molar refractivity (Wildman–Crippen MR) is 94.1 cm³/mol. The second kappa shape index (κ2) is 4.94. The first-order valence-electron chi connectivity index (χ1n) is 7.03. The smallest absolute Gasteiger partial charge is 0.0119 e. The monoisotopic (exact) mass is 286 g/mol. The third-order valence-electron chi connectivity index (χ3n) is 3.94. The highest BCUT2D eigenvalue weighted by Crippen LogP contribution is 2.34. The van der Waals surface area contributed by atoms with Gasteiger partial charge in [-0.3, -0.25) is 0 Å². The van der Waals surface area contributed by atoms with Gasteiger partial charge in [-0.2, -0.15) is 0 Å². The van der Waals surface area contributed by atoms with Gasteiger partial charge in [-0.1, -0.05) is 60.7 Å². The van der Waals surface area contributed by atoms with Gasteiger partial charge in [0.1, 0.15) is 0 Å². The molecule has 0 aliphatic carbocycles. The Balaban J connectivity index is 2.10. The summed E-state index contributed by atoms with van der Waals surface area (Å²) >= 11 is 4.61. The van der Waals surface area contributed by atoms with Crippen LogP contribution in [0.25, 0.3) is 32.7 Å². The van der Waals surface area contributed by atoms with E-state index >= 15 is 0 Å². The van der Waals surface area contributed by atoms with E-state index in [2.05, 4.69) is 79.4 Å². The normalized spacial score (nSPS) is 11.1. The minimum absolute atomic E-state index is 1.01. The molecule has 0 aliphatic heterocycles. The fraction of sp³-hybridized carbons (Fsp3) is 0. The maximum Gasteiger partial charge on any atom is 0.0119 e. The minimum atomic E-state index is 1.01. The van der Waals surface area contributed by atoms with Crippen LogP contribution in [0.4, 0.5) is 0 Å². The molecule has 0 radical (unpaired) electrons. The largest absolute Gasteiger partial charge is 0.143 e. The molecule has 100 valence electrons. The number of benzene rings is 4. The first-order chi connectivity index (χ1) is 10.3. The van der Waals surface area contributed by atoms with Gasteiger partial charge in [0.15, 0.2) is 0 Å². The average Bonchev–Trinajstić information content (AvgIpc) is 2.53. The molecule has 0 N–H and O–H groups in total. The maximum atomic E-state index is 4.61. The molecule has 21 heavy (non-hydrogen) atoms. The van der Waals surface area contributed by atoms with E-state index < -0.39 is 0 Å². The number of hydrogen-bond donors (Lipinski definition) is 1. The van der Waals surface area contributed by atoms with Crippen molar-refractivity contribution in [3.8, 4) is 11.1 Å². The van der Waals surface area contributed by atoms with Gasteiger partial charge in [-0.15, -0.1) is 12.6 Å². The molecule has 0 nitrogen and oxygen atoms in total.